The number of nitrogens with zero attached hydrogens (tertiary/aromatic N) is 2. The maximum Gasteiger partial charge on any atom is 0.229 e. The van der Waals surface area contributed by atoms with Crippen molar-refractivity contribution >= 4 is 34.1 Å². The molecule has 3 aromatic rings. The van der Waals surface area contributed by atoms with Crippen LogP contribution in [0.15, 0.2) is 54.7 Å². The first-order valence-electron chi connectivity index (χ1n) is 9.31. The second kappa shape index (κ2) is 6.91. The lowest BCUT2D eigenvalue weighted by Gasteiger charge is -2.20. The van der Waals surface area contributed by atoms with Gasteiger partial charge in [0.2, 0.25) is 11.8 Å². The summed E-state index contributed by atoms with van der Waals surface area (Å²) >= 11 is 0. The Morgan fingerprint density at radius 2 is 2.00 bits per heavy atom. The summed E-state index contributed by atoms with van der Waals surface area (Å²) < 4.78 is 2.02. The Labute approximate surface area is 158 Å². The highest BCUT2D eigenvalue weighted by molar-refractivity contribution is 6.04. The van der Waals surface area contributed by atoms with Crippen LogP contribution in [0.1, 0.15) is 18.9 Å². The molecule has 4 rings (SSSR count). The lowest BCUT2D eigenvalue weighted by Crippen LogP contribution is -2.28. The first kappa shape index (κ1) is 17.3. The van der Waals surface area contributed by atoms with E-state index in [0.717, 1.165) is 34.3 Å². The number of amides is 2. The molecule has 27 heavy (non-hydrogen) atoms. The minimum atomic E-state index is -0.341. The first-order valence-corrected chi connectivity index (χ1v) is 9.31. The van der Waals surface area contributed by atoms with Gasteiger partial charge < -0.3 is 14.8 Å². The molecule has 138 valence electrons. The Kier molecular flexibility index (Phi) is 4.44. The van der Waals surface area contributed by atoms with Gasteiger partial charge in [0.1, 0.15) is 0 Å². The Morgan fingerprint density at radius 3 is 2.81 bits per heavy atom. The van der Waals surface area contributed by atoms with Gasteiger partial charge in [0.25, 0.3) is 0 Å². The van der Waals surface area contributed by atoms with Gasteiger partial charge in [0.05, 0.1) is 5.92 Å². The topological polar surface area (TPSA) is 54.3 Å². The van der Waals surface area contributed by atoms with Gasteiger partial charge in [0, 0.05) is 43.1 Å². The molecule has 0 saturated carbocycles. The van der Waals surface area contributed by atoms with Crippen molar-refractivity contribution < 1.29 is 9.59 Å². The van der Waals surface area contributed by atoms with Crippen LogP contribution in [0, 0.1) is 5.92 Å². The molecule has 1 unspecified atom stereocenters. The van der Waals surface area contributed by atoms with E-state index in [1.165, 1.54) is 0 Å². The third-order valence-corrected chi connectivity index (χ3v) is 5.31. The zero-order chi connectivity index (χ0) is 19.0. The summed E-state index contributed by atoms with van der Waals surface area (Å²) in [6.45, 7) is 2.50. The van der Waals surface area contributed by atoms with Gasteiger partial charge in [-0.25, -0.2) is 0 Å². The van der Waals surface area contributed by atoms with E-state index in [4.69, 9.17) is 0 Å². The minimum Gasteiger partial charge on any atom is -0.350 e. The summed E-state index contributed by atoms with van der Waals surface area (Å²) in [6.07, 6.45) is 3.10. The Bertz CT molecular complexity index is 1020. The quantitative estimate of drug-likeness (QED) is 0.770. The summed E-state index contributed by atoms with van der Waals surface area (Å²) in [4.78, 5) is 27.0. The molecule has 2 heterocycles. The molecule has 5 heteroatoms. The molecule has 1 atom stereocenters. The summed E-state index contributed by atoms with van der Waals surface area (Å²) in [7, 11) is 1.98. The van der Waals surface area contributed by atoms with E-state index in [2.05, 4.69) is 12.2 Å². The number of rotatable bonds is 4. The van der Waals surface area contributed by atoms with Gasteiger partial charge in [-0.2, -0.15) is 0 Å². The number of carbonyl (C=O) groups excluding carboxylic acids is 2. The van der Waals surface area contributed by atoms with Crippen LogP contribution in [0.5, 0.6) is 0 Å². The van der Waals surface area contributed by atoms with Crippen molar-refractivity contribution in [2.24, 2.45) is 13.0 Å². The van der Waals surface area contributed by atoms with E-state index in [1.807, 2.05) is 66.3 Å². The summed E-state index contributed by atoms with van der Waals surface area (Å²) in [5.41, 5.74) is 3.87. The number of aromatic nitrogens is 1. The van der Waals surface area contributed by atoms with E-state index < -0.39 is 0 Å². The van der Waals surface area contributed by atoms with Crippen molar-refractivity contribution in [1.82, 2.24) is 4.57 Å². The van der Waals surface area contributed by atoms with Gasteiger partial charge in [-0.1, -0.05) is 31.2 Å². The smallest absolute Gasteiger partial charge is 0.229 e. The van der Waals surface area contributed by atoms with Crippen LogP contribution in [0.2, 0.25) is 0 Å². The summed E-state index contributed by atoms with van der Waals surface area (Å²) in [6, 6.07) is 15.8. The SMILES string of the molecule is CCc1ccccc1N1CC(C(=O)Nc2ccc3ccn(C)c3c2)CC1=O. The lowest BCUT2D eigenvalue weighted by atomic mass is 10.1. The fraction of sp³-hybridized carbons (Fsp3) is 0.273. The lowest BCUT2D eigenvalue weighted by molar-refractivity contribution is -0.122. The Balaban J connectivity index is 1.51. The zero-order valence-electron chi connectivity index (χ0n) is 15.6. The Morgan fingerprint density at radius 1 is 1.19 bits per heavy atom. The van der Waals surface area contributed by atoms with Gasteiger partial charge in [-0.15, -0.1) is 0 Å². The van der Waals surface area contributed by atoms with Crippen LogP contribution in [-0.2, 0) is 23.1 Å². The number of hydrogen-bond acceptors (Lipinski definition) is 2. The molecule has 2 aromatic carbocycles. The Hall–Kier alpha value is -3.08. The highest BCUT2D eigenvalue weighted by atomic mass is 16.2. The molecule has 5 nitrogen and oxygen atoms in total. The molecule has 1 aliphatic rings. The number of carbonyl (C=O) groups is 2. The number of nitrogens with one attached hydrogen (secondary N) is 1. The molecule has 0 aliphatic carbocycles. The number of fused-ring (bicyclic) bond motifs is 1. The van der Waals surface area contributed by atoms with Crippen LogP contribution >= 0.6 is 0 Å². The molecule has 1 N–H and O–H groups in total. The fourth-order valence-electron chi connectivity index (χ4n) is 3.77. The van der Waals surface area contributed by atoms with Crippen LogP contribution in [-0.4, -0.2) is 22.9 Å². The standard InChI is InChI=1S/C22H23N3O2/c1-3-15-6-4-5-7-19(15)25-14-17(12-21(25)26)22(27)23-18-9-8-16-10-11-24(2)20(16)13-18/h4-11,13,17H,3,12,14H2,1-2H3,(H,23,27). The number of hydrogen-bond donors (Lipinski definition) is 1. The van der Waals surface area contributed by atoms with Crippen LogP contribution in [0.25, 0.3) is 10.9 Å². The van der Waals surface area contributed by atoms with Gasteiger partial charge in [-0.3, -0.25) is 9.59 Å². The molecule has 0 spiro atoms. The van der Waals surface area contributed by atoms with Crippen molar-refractivity contribution in [2.45, 2.75) is 19.8 Å². The molecule has 1 saturated heterocycles. The second-order valence-corrected chi connectivity index (χ2v) is 7.08. The molecular weight excluding hydrogens is 338 g/mol. The minimum absolute atomic E-state index is 0.00827. The first-order chi connectivity index (χ1) is 13.1. The number of aryl methyl sites for hydroxylation is 2. The molecule has 0 bridgehead atoms. The highest BCUT2D eigenvalue weighted by Gasteiger charge is 2.35. The van der Waals surface area contributed by atoms with Gasteiger partial charge >= 0.3 is 0 Å². The molecule has 2 amide bonds. The predicted octanol–water partition coefficient (Wildman–Crippen LogP) is 3.73. The fourth-order valence-corrected chi connectivity index (χ4v) is 3.77. The largest absolute Gasteiger partial charge is 0.350 e. The average Bonchev–Trinajstić information content (AvgIpc) is 3.25. The molecule has 1 fully saturated rings. The number of para-hydroxylation sites is 1. The van der Waals surface area contributed by atoms with Crippen molar-refractivity contribution in [1.29, 1.82) is 0 Å². The van der Waals surface area contributed by atoms with Crippen molar-refractivity contribution in [3.05, 3.63) is 60.3 Å². The monoisotopic (exact) mass is 361 g/mol. The second-order valence-electron chi connectivity index (χ2n) is 7.08. The maximum absolute atomic E-state index is 12.8. The van der Waals surface area contributed by atoms with Crippen molar-refractivity contribution in [3.63, 3.8) is 0 Å². The summed E-state index contributed by atoms with van der Waals surface area (Å²) in [5, 5.41) is 4.12. The van der Waals surface area contributed by atoms with E-state index in [-0.39, 0.29) is 24.2 Å². The highest BCUT2D eigenvalue weighted by Crippen LogP contribution is 2.29. The molecule has 1 aliphatic heterocycles. The molecular formula is C22H23N3O2. The van der Waals surface area contributed by atoms with Crippen LogP contribution in [0.3, 0.4) is 0 Å². The number of benzene rings is 2. The van der Waals surface area contributed by atoms with Crippen LogP contribution in [0.4, 0.5) is 11.4 Å². The van der Waals surface area contributed by atoms with E-state index in [1.54, 1.807) is 4.90 Å². The summed E-state index contributed by atoms with van der Waals surface area (Å²) in [5.74, 6) is -0.436. The van der Waals surface area contributed by atoms with Crippen molar-refractivity contribution in [2.75, 3.05) is 16.8 Å². The molecule has 1 aromatic heterocycles. The average molecular weight is 361 g/mol. The predicted molar refractivity (Wildman–Crippen MR) is 108 cm³/mol. The zero-order valence-corrected chi connectivity index (χ0v) is 15.6. The van der Waals surface area contributed by atoms with Gasteiger partial charge in [0.15, 0.2) is 0 Å². The normalized spacial score (nSPS) is 16.9. The maximum atomic E-state index is 12.8. The van der Waals surface area contributed by atoms with E-state index >= 15 is 0 Å². The number of anilines is 2. The van der Waals surface area contributed by atoms with Crippen LogP contribution < -0.4 is 10.2 Å². The molecule has 0 radical (unpaired) electrons. The van der Waals surface area contributed by atoms with Crippen molar-refractivity contribution in [3.8, 4) is 0 Å². The van der Waals surface area contributed by atoms with Gasteiger partial charge in [-0.05, 0) is 41.6 Å². The van der Waals surface area contributed by atoms with E-state index in [0.29, 0.717) is 6.54 Å². The third kappa shape index (κ3) is 3.21. The van der Waals surface area contributed by atoms with E-state index in [9.17, 15) is 9.59 Å². The third-order valence-electron chi connectivity index (χ3n) is 5.31.